The van der Waals surface area contributed by atoms with Gasteiger partial charge in [-0.1, -0.05) is 49.4 Å². The van der Waals surface area contributed by atoms with Crippen molar-refractivity contribution in [1.82, 2.24) is 14.8 Å². The molecule has 3 amide bonds. The number of fused-ring (bicyclic) bond motifs is 1. The van der Waals surface area contributed by atoms with Crippen molar-refractivity contribution >= 4 is 38.8 Å². The number of nitrogens with zero attached hydrogens (tertiary/aromatic N) is 3. The van der Waals surface area contributed by atoms with Crippen LogP contribution in [0.5, 0.6) is 0 Å². The molecule has 0 aliphatic carbocycles. The van der Waals surface area contributed by atoms with Gasteiger partial charge in [-0.05, 0) is 37.0 Å². The average molecular weight is 528 g/mol. The molecule has 0 N–H and O–H groups in total. The molecule has 0 saturated carbocycles. The summed E-state index contributed by atoms with van der Waals surface area (Å²) in [4.78, 5) is 46.1. The Hall–Kier alpha value is -3.73. The molecule has 0 spiro atoms. The van der Waals surface area contributed by atoms with Crippen LogP contribution in [0.4, 0.5) is 4.79 Å². The van der Waals surface area contributed by atoms with Crippen LogP contribution < -0.4 is 0 Å². The second-order valence-electron chi connectivity index (χ2n) is 8.89. The second-order valence-corrected chi connectivity index (χ2v) is 11.0. The van der Waals surface area contributed by atoms with E-state index in [1.54, 1.807) is 61.5 Å². The van der Waals surface area contributed by atoms with E-state index in [4.69, 9.17) is 9.15 Å². The van der Waals surface area contributed by atoms with E-state index < -0.39 is 39.6 Å². The number of hydrogen-bond acceptors (Lipinski definition) is 8. The Labute approximate surface area is 215 Å². The van der Waals surface area contributed by atoms with Crippen LogP contribution in [-0.4, -0.2) is 72.6 Å². The molecule has 2 aromatic carbocycles. The Morgan fingerprint density at radius 1 is 1.05 bits per heavy atom. The van der Waals surface area contributed by atoms with E-state index in [-0.39, 0.29) is 18.2 Å². The number of ether oxygens (including phenoxy) is 1. The number of para-hydroxylation sites is 2. The zero-order chi connectivity index (χ0) is 26.4. The number of rotatable bonds is 9. The number of sulfone groups is 1. The lowest BCUT2D eigenvalue weighted by Crippen LogP contribution is -2.49. The predicted octanol–water partition coefficient (Wildman–Crippen LogP) is 3.42. The molecule has 37 heavy (non-hydrogen) atoms. The van der Waals surface area contributed by atoms with E-state index in [0.717, 1.165) is 17.7 Å². The normalized spacial score (nSPS) is 14.5. The van der Waals surface area contributed by atoms with Gasteiger partial charge in [0.05, 0.1) is 11.5 Å². The zero-order valence-electron chi connectivity index (χ0n) is 20.5. The van der Waals surface area contributed by atoms with Crippen LogP contribution in [0, 0.1) is 0 Å². The first-order valence-electron chi connectivity index (χ1n) is 12.2. The third-order valence-electron chi connectivity index (χ3n) is 5.95. The summed E-state index contributed by atoms with van der Waals surface area (Å²) in [5.74, 6) is -3.17. The van der Waals surface area contributed by atoms with Crippen LogP contribution in [0.2, 0.25) is 0 Å². The summed E-state index contributed by atoms with van der Waals surface area (Å²) in [7, 11) is -3.90. The van der Waals surface area contributed by atoms with Crippen molar-refractivity contribution < 1.29 is 32.0 Å². The van der Waals surface area contributed by atoms with E-state index in [0.29, 0.717) is 36.2 Å². The molecule has 196 valence electrons. The fourth-order valence-corrected chi connectivity index (χ4v) is 5.65. The van der Waals surface area contributed by atoms with E-state index >= 15 is 0 Å². The monoisotopic (exact) mass is 527 g/mol. The molecular formula is C26H29N3O7S. The Kier molecular flexibility index (Phi) is 8.22. The molecular weight excluding hydrogens is 498 g/mol. The van der Waals surface area contributed by atoms with Crippen molar-refractivity contribution in [1.29, 1.82) is 0 Å². The van der Waals surface area contributed by atoms with Crippen LogP contribution in [0.15, 0.2) is 59.0 Å². The largest absolute Gasteiger partial charge is 0.435 e. The molecule has 3 aromatic rings. The van der Waals surface area contributed by atoms with Crippen molar-refractivity contribution in [2.45, 2.75) is 38.0 Å². The van der Waals surface area contributed by atoms with Gasteiger partial charge in [0.25, 0.3) is 11.8 Å². The third-order valence-corrected chi connectivity index (χ3v) is 7.54. The number of amides is 3. The summed E-state index contributed by atoms with van der Waals surface area (Å²) in [6, 6.07) is 15.3. The molecule has 1 aliphatic heterocycles. The topological polar surface area (TPSA) is 127 Å². The molecule has 10 nitrogen and oxygen atoms in total. The number of imide groups is 1. The first-order chi connectivity index (χ1) is 17.8. The Morgan fingerprint density at radius 3 is 2.41 bits per heavy atom. The maximum atomic E-state index is 13.6. The molecule has 1 saturated heterocycles. The van der Waals surface area contributed by atoms with Crippen molar-refractivity contribution in [3.05, 3.63) is 66.1 Å². The third kappa shape index (κ3) is 6.53. The van der Waals surface area contributed by atoms with Gasteiger partial charge in [0, 0.05) is 19.6 Å². The molecule has 4 rings (SSSR count). The van der Waals surface area contributed by atoms with Gasteiger partial charge in [-0.15, -0.1) is 0 Å². The minimum atomic E-state index is -3.90. The van der Waals surface area contributed by atoms with Crippen LogP contribution >= 0.6 is 0 Å². The van der Waals surface area contributed by atoms with Gasteiger partial charge in [0.15, 0.2) is 21.5 Å². The Bertz CT molecular complexity index is 1330. The fourth-order valence-electron chi connectivity index (χ4n) is 4.16. The molecule has 1 unspecified atom stereocenters. The average Bonchev–Trinajstić information content (AvgIpc) is 3.57. The highest BCUT2D eigenvalue weighted by molar-refractivity contribution is 7.90. The Balaban J connectivity index is 1.60. The minimum absolute atomic E-state index is 0.0348. The van der Waals surface area contributed by atoms with Gasteiger partial charge in [0.2, 0.25) is 0 Å². The number of carbonyl (C=O) groups excluding carboxylic acids is 3. The number of likely N-dealkylation sites (tertiary alicyclic amines) is 1. The summed E-state index contributed by atoms with van der Waals surface area (Å²) < 4.78 is 37.1. The van der Waals surface area contributed by atoms with E-state index in [9.17, 15) is 22.8 Å². The number of aromatic nitrogens is 1. The number of oxazole rings is 1. The van der Waals surface area contributed by atoms with Crippen LogP contribution in [0.25, 0.3) is 11.1 Å². The highest BCUT2D eigenvalue weighted by Gasteiger charge is 2.38. The lowest BCUT2D eigenvalue weighted by atomic mass is 10.2. The summed E-state index contributed by atoms with van der Waals surface area (Å²) in [6.45, 7) is 2.64. The summed E-state index contributed by atoms with van der Waals surface area (Å²) in [5.41, 5.74) is 1.35. The Morgan fingerprint density at radius 2 is 1.73 bits per heavy atom. The van der Waals surface area contributed by atoms with Gasteiger partial charge in [-0.2, -0.15) is 0 Å². The maximum absolute atomic E-state index is 13.6. The first kappa shape index (κ1) is 26.3. The standard InChI is InChI=1S/C26H29N3O7S/c1-2-14-29(25(31)23-27-20-12-6-7-13-21(20)35-23)24(30)22(36-26(32)28-15-8-9-16-28)18-37(33,34)17-19-10-4-3-5-11-19/h3-7,10-13,22H,2,8-9,14-18H2,1H3. The van der Waals surface area contributed by atoms with Crippen molar-refractivity contribution in [3.8, 4) is 0 Å². The van der Waals surface area contributed by atoms with Gasteiger partial charge in [0.1, 0.15) is 5.52 Å². The lowest BCUT2D eigenvalue weighted by Gasteiger charge is -2.26. The number of benzene rings is 2. The summed E-state index contributed by atoms with van der Waals surface area (Å²) in [6.07, 6.45) is -0.518. The van der Waals surface area contributed by atoms with Gasteiger partial charge < -0.3 is 14.1 Å². The van der Waals surface area contributed by atoms with Crippen LogP contribution in [0.1, 0.15) is 42.4 Å². The molecule has 1 atom stereocenters. The molecule has 2 heterocycles. The maximum Gasteiger partial charge on any atom is 0.410 e. The van der Waals surface area contributed by atoms with Crippen LogP contribution in [-0.2, 0) is 25.1 Å². The fraction of sp³-hybridized carbons (Fsp3) is 0.385. The number of carbonyl (C=O) groups is 3. The zero-order valence-corrected chi connectivity index (χ0v) is 21.4. The molecule has 0 radical (unpaired) electrons. The van der Waals surface area contributed by atoms with Crippen molar-refractivity contribution in [3.63, 3.8) is 0 Å². The SMILES string of the molecule is CCCN(C(=O)c1nc2ccccc2o1)C(=O)C(CS(=O)(=O)Cc1ccccc1)OC(=O)N1CCCC1. The molecule has 11 heteroatoms. The van der Waals surface area contributed by atoms with E-state index in [1.807, 2.05) is 0 Å². The molecule has 1 fully saturated rings. The first-order valence-corrected chi connectivity index (χ1v) is 14.0. The van der Waals surface area contributed by atoms with E-state index in [2.05, 4.69) is 4.98 Å². The minimum Gasteiger partial charge on any atom is -0.435 e. The van der Waals surface area contributed by atoms with Crippen LogP contribution in [0.3, 0.4) is 0 Å². The summed E-state index contributed by atoms with van der Waals surface area (Å²) >= 11 is 0. The smallest absolute Gasteiger partial charge is 0.410 e. The van der Waals surface area contributed by atoms with Crippen molar-refractivity contribution in [2.24, 2.45) is 0 Å². The van der Waals surface area contributed by atoms with Gasteiger partial charge >= 0.3 is 12.0 Å². The van der Waals surface area contributed by atoms with Gasteiger partial charge in [-0.25, -0.2) is 18.2 Å². The molecule has 0 bridgehead atoms. The highest BCUT2D eigenvalue weighted by atomic mass is 32.2. The predicted molar refractivity (Wildman–Crippen MR) is 135 cm³/mol. The highest BCUT2D eigenvalue weighted by Crippen LogP contribution is 2.19. The molecule has 1 aromatic heterocycles. The van der Waals surface area contributed by atoms with E-state index in [1.165, 1.54) is 4.90 Å². The summed E-state index contributed by atoms with van der Waals surface area (Å²) in [5, 5.41) is 0. The quantitative estimate of drug-likeness (QED) is 0.414. The second kappa shape index (κ2) is 11.5. The van der Waals surface area contributed by atoms with Gasteiger partial charge in [-0.3, -0.25) is 14.5 Å². The van der Waals surface area contributed by atoms with Crippen molar-refractivity contribution in [2.75, 3.05) is 25.4 Å². The molecule has 1 aliphatic rings. The number of hydrogen-bond donors (Lipinski definition) is 0. The lowest BCUT2D eigenvalue weighted by molar-refractivity contribution is -0.137.